The van der Waals surface area contributed by atoms with Gasteiger partial charge in [-0.05, 0) is 19.1 Å². The molecular formula is C12H16N2O4. The minimum atomic E-state index is -0.406. The second kappa shape index (κ2) is 4.91. The minimum Gasteiger partial charge on any atom is -0.488 e. The van der Waals surface area contributed by atoms with Gasteiger partial charge in [0.1, 0.15) is 18.0 Å². The summed E-state index contributed by atoms with van der Waals surface area (Å²) in [6.07, 6.45) is 0.542. The number of ether oxygens (including phenoxy) is 2. The van der Waals surface area contributed by atoms with Crippen molar-refractivity contribution in [1.82, 2.24) is 0 Å². The van der Waals surface area contributed by atoms with Crippen LogP contribution in [0, 0.1) is 17.0 Å². The third-order valence-electron chi connectivity index (χ3n) is 3.22. The number of nitro benzene ring substituents is 1. The molecule has 1 aromatic carbocycles. The van der Waals surface area contributed by atoms with E-state index in [4.69, 9.17) is 15.2 Å². The molecule has 2 N–H and O–H groups in total. The first-order chi connectivity index (χ1) is 8.52. The molecule has 6 nitrogen and oxygen atoms in total. The van der Waals surface area contributed by atoms with Crippen LogP contribution in [0.25, 0.3) is 0 Å². The monoisotopic (exact) mass is 252 g/mol. The largest absolute Gasteiger partial charge is 0.488 e. The molecule has 3 unspecified atom stereocenters. The van der Waals surface area contributed by atoms with Gasteiger partial charge in [-0.2, -0.15) is 0 Å². The molecule has 0 amide bonds. The maximum Gasteiger partial charge on any atom is 0.272 e. The van der Waals surface area contributed by atoms with E-state index in [1.807, 2.05) is 0 Å². The van der Waals surface area contributed by atoms with E-state index in [0.29, 0.717) is 11.3 Å². The predicted molar refractivity (Wildman–Crippen MR) is 65.6 cm³/mol. The summed E-state index contributed by atoms with van der Waals surface area (Å²) < 4.78 is 10.9. The quantitative estimate of drug-likeness (QED) is 0.646. The Labute approximate surface area is 105 Å². The van der Waals surface area contributed by atoms with Crippen molar-refractivity contribution >= 4 is 5.69 Å². The fourth-order valence-electron chi connectivity index (χ4n) is 2.14. The standard InChI is InChI=1S/C12H16N2O4/c1-7-5-8(3-4-10(7)14(15)16)18-11-6-9(13)12(11)17-2/h3-5,9,11-12H,6,13H2,1-2H3. The number of methoxy groups -OCH3 is 1. The van der Waals surface area contributed by atoms with Crippen molar-refractivity contribution in [2.24, 2.45) is 5.73 Å². The second-order valence-electron chi connectivity index (χ2n) is 4.46. The van der Waals surface area contributed by atoms with Gasteiger partial charge < -0.3 is 15.2 Å². The van der Waals surface area contributed by atoms with Crippen LogP contribution in [0.15, 0.2) is 18.2 Å². The van der Waals surface area contributed by atoms with Crippen molar-refractivity contribution in [2.45, 2.75) is 31.6 Å². The summed E-state index contributed by atoms with van der Waals surface area (Å²) in [5.74, 6) is 0.608. The van der Waals surface area contributed by atoms with Gasteiger partial charge in [0, 0.05) is 31.2 Å². The molecule has 0 radical (unpaired) electrons. The number of rotatable bonds is 4. The summed E-state index contributed by atoms with van der Waals surface area (Å²) in [5, 5.41) is 10.7. The van der Waals surface area contributed by atoms with E-state index in [1.54, 1.807) is 26.2 Å². The van der Waals surface area contributed by atoms with Crippen LogP contribution in [0.2, 0.25) is 0 Å². The number of nitrogens with zero attached hydrogens (tertiary/aromatic N) is 1. The Kier molecular flexibility index (Phi) is 3.49. The summed E-state index contributed by atoms with van der Waals surface area (Å²) >= 11 is 0. The van der Waals surface area contributed by atoms with Gasteiger partial charge in [-0.25, -0.2) is 0 Å². The maximum absolute atomic E-state index is 10.7. The van der Waals surface area contributed by atoms with Crippen LogP contribution in [-0.4, -0.2) is 30.3 Å². The molecule has 0 spiro atoms. The molecule has 98 valence electrons. The number of hydrogen-bond acceptors (Lipinski definition) is 5. The van der Waals surface area contributed by atoms with Gasteiger partial charge in [-0.1, -0.05) is 0 Å². The van der Waals surface area contributed by atoms with Crippen LogP contribution in [-0.2, 0) is 4.74 Å². The number of hydrogen-bond donors (Lipinski definition) is 1. The zero-order chi connectivity index (χ0) is 13.3. The number of aryl methyl sites for hydroxylation is 1. The minimum absolute atomic E-state index is 0.000791. The van der Waals surface area contributed by atoms with Crippen LogP contribution in [0.3, 0.4) is 0 Å². The van der Waals surface area contributed by atoms with Crippen molar-refractivity contribution in [3.05, 3.63) is 33.9 Å². The fourth-order valence-corrected chi connectivity index (χ4v) is 2.14. The third kappa shape index (κ3) is 2.30. The van der Waals surface area contributed by atoms with E-state index in [1.165, 1.54) is 6.07 Å². The number of nitrogens with two attached hydrogens (primary N) is 1. The lowest BCUT2D eigenvalue weighted by Gasteiger charge is -2.40. The highest BCUT2D eigenvalue weighted by Gasteiger charge is 2.40. The van der Waals surface area contributed by atoms with Gasteiger partial charge in [-0.15, -0.1) is 0 Å². The first kappa shape index (κ1) is 12.8. The summed E-state index contributed by atoms with van der Waals surface area (Å²) in [5.41, 5.74) is 6.45. The van der Waals surface area contributed by atoms with Crippen molar-refractivity contribution in [1.29, 1.82) is 0 Å². The predicted octanol–water partition coefficient (Wildman–Crippen LogP) is 1.40. The van der Waals surface area contributed by atoms with Crippen molar-refractivity contribution in [3.8, 4) is 5.75 Å². The molecule has 1 fully saturated rings. The lowest BCUT2D eigenvalue weighted by atomic mass is 9.86. The zero-order valence-electron chi connectivity index (χ0n) is 10.3. The molecule has 1 aliphatic rings. The van der Waals surface area contributed by atoms with Gasteiger partial charge in [-0.3, -0.25) is 10.1 Å². The van der Waals surface area contributed by atoms with Crippen molar-refractivity contribution in [3.63, 3.8) is 0 Å². The Morgan fingerprint density at radius 2 is 2.22 bits per heavy atom. The smallest absolute Gasteiger partial charge is 0.272 e. The summed E-state index contributed by atoms with van der Waals surface area (Å²) in [4.78, 5) is 10.3. The molecule has 2 rings (SSSR count). The highest BCUT2D eigenvalue weighted by molar-refractivity contribution is 5.44. The summed E-state index contributed by atoms with van der Waals surface area (Å²) in [7, 11) is 1.60. The van der Waals surface area contributed by atoms with E-state index in [2.05, 4.69) is 0 Å². The van der Waals surface area contributed by atoms with E-state index < -0.39 is 4.92 Å². The molecule has 0 aliphatic heterocycles. The summed E-state index contributed by atoms with van der Waals surface area (Å²) in [6.45, 7) is 1.69. The van der Waals surface area contributed by atoms with E-state index in [-0.39, 0.29) is 23.9 Å². The van der Waals surface area contributed by atoms with Crippen LogP contribution in [0.1, 0.15) is 12.0 Å². The summed E-state index contributed by atoms with van der Waals surface area (Å²) in [6, 6.07) is 4.71. The molecule has 1 saturated carbocycles. The fraction of sp³-hybridized carbons (Fsp3) is 0.500. The lowest BCUT2D eigenvalue weighted by Crippen LogP contribution is -2.59. The van der Waals surface area contributed by atoms with Crippen LogP contribution < -0.4 is 10.5 Å². The van der Waals surface area contributed by atoms with Gasteiger partial charge in [0.2, 0.25) is 0 Å². The van der Waals surface area contributed by atoms with Crippen molar-refractivity contribution in [2.75, 3.05) is 7.11 Å². The van der Waals surface area contributed by atoms with Gasteiger partial charge in [0.05, 0.1) is 4.92 Å². The molecule has 3 atom stereocenters. The van der Waals surface area contributed by atoms with Gasteiger partial charge in [0.25, 0.3) is 5.69 Å². The van der Waals surface area contributed by atoms with Crippen LogP contribution >= 0.6 is 0 Å². The zero-order valence-corrected chi connectivity index (χ0v) is 10.3. The molecular weight excluding hydrogens is 236 g/mol. The molecule has 6 heteroatoms. The van der Waals surface area contributed by atoms with E-state index >= 15 is 0 Å². The van der Waals surface area contributed by atoms with Crippen molar-refractivity contribution < 1.29 is 14.4 Å². The van der Waals surface area contributed by atoms with Crippen LogP contribution in [0.4, 0.5) is 5.69 Å². The number of benzene rings is 1. The first-order valence-corrected chi connectivity index (χ1v) is 5.73. The molecule has 1 aromatic rings. The Bertz CT molecular complexity index is 463. The molecule has 0 heterocycles. The van der Waals surface area contributed by atoms with Crippen LogP contribution in [0.5, 0.6) is 5.75 Å². The lowest BCUT2D eigenvalue weighted by molar-refractivity contribution is -0.385. The highest BCUT2D eigenvalue weighted by Crippen LogP contribution is 2.29. The molecule has 0 aromatic heterocycles. The van der Waals surface area contributed by atoms with E-state index in [0.717, 1.165) is 6.42 Å². The maximum atomic E-state index is 10.7. The average molecular weight is 252 g/mol. The molecule has 0 saturated heterocycles. The molecule has 18 heavy (non-hydrogen) atoms. The third-order valence-corrected chi connectivity index (χ3v) is 3.22. The second-order valence-corrected chi connectivity index (χ2v) is 4.46. The number of nitro groups is 1. The topological polar surface area (TPSA) is 87.6 Å². The first-order valence-electron chi connectivity index (χ1n) is 5.73. The SMILES string of the molecule is COC1C(N)CC1Oc1ccc([N+](=O)[O-])c(C)c1. The highest BCUT2D eigenvalue weighted by atomic mass is 16.6. The Morgan fingerprint density at radius 1 is 1.50 bits per heavy atom. The van der Waals surface area contributed by atoms with Gasteiger partial charge in [0.15, 0.2) is 0 Å². The molecule has 1 aliphatic carbocycles. The van der Waals surface area contributed by atoms with E-state index in [9.17, 15) is 10.1 Å². The molecule has 0 bridgehead atoms. The van der Waals surface area contributed by atoms with Gasteiger partial charge >= 0.3 is 0 Å². The average Bonchev–Trinajstić information content (AvgIpc) is 2.28. The normalized spacial score (nSPS) is 26.5. The Balaban J connectivity index is 2.07. The Hall–Kier alpha value is -1.66. The Morgan fingerprint density at radius 3 is 2.72 bits per heavy atom.